The molecule has 8 nitrogen and oxygen atoms in total. The summed E-state index contributed by atoms with van der Waals surface area (Å²) >= 11 is 0. The molecule has 1 aliphatic rings. The van der Waals surface area contributed by atoms with Gasteiger partial charge in [0.1, 0.15) is 42.2 Å². The molecule has 0 saturated heterocycles. The summed E-state index contributed by atoms with van der Waals surface area (Å²) in [5, 5.41) is 31.3. The predicted molar refractivity (Wildman–Crippen MR) is 201 cm³/mol. The number of phenolic OH excluding ortho intramolecular Hbond substituents is 2. The van der Waals surface area contributed by atoms with E-state index in [0.29, 0.717) is 41.4 Å². The molecule has 53 heavy (non-hydrogen) atoms. The van der Waals surface area contributed by atoms with Crippen molar-refractivity contribution in [3.8, 4) is 28.7 Å². The summed E-state index contributed by atoms with van der Waals surface area (Å²) in [6.07, 6.45) is -1.40. The second kappa shape index (κ2) is 16.7. The predicted octanol–water partition coefficient (Wildman–Crippen LogP) is 8.42. The van der Waals surface area contributed by atoms with Crippen LogP contribution in [0.4, 0.5) is 0 Å². The van der Waals surface area contributed by atoms with Crippen LogP contribution in [0.25, 0.3) is 0 Å². The lowest BCUT2D eigenvalue weighted by Gasteiger charge is -2.49. The van der Waals surface area contributed by atoms with Crippen molar-refractivity contribution in [2.75, 3.05) is 13.2 Å². The molecule has 0 amide bonds. The summed E-state index contributed by atoms with van der Waals surface area (Å²) in [6, 6.07) is 47.8. The summed E-state index contributed by atoms with van der Waals surface area (Å²) < 4.78 is 33.9. The van der Waals surface area contributed by atoms with E-state index in [-0.39, 0.29) is 37.9 Å². The number of benzene rings is 6. The zero-order valence-corrected chi connectivity index (χ0v) is 29.2. The molecule has 7 rings (SSSR count). The van der Waals surface area contributed by atoms with E-state index < -0.39 is 17.8 Å². The van der Waals surface area contributed by atoms with Gasteiger partial charge in [-0.15, -0.1) is 0 Å². The molecule has 0 spiro atoms. The minimum atomic E-state index is -1.31. The van der Waals surface area contributed by atoms with Crippen LogP contribution in [0.1, 0.15) is 39.5 Å². The molecular formula is C45H42O8. The molecule has 3 N–H and O–H groups in total. The summed E-state index contributed by atoms with van der Waals surface area (Å²) in [7, 11) is 0. The van der Waals surface area contributed by atoms with Crippen molar-refractivity contribution in [1.82, 2.24) is 0 Å². The maximum absolute atomic E-state index is 10.7. The van der Waals surface area contributed by atoms with Crippen LogP contribution in [0.3, 0.4) is 0 Å². The highest BCUT2D eigenvalue weighted by Crippen LogP contribution is 2.55. The van der Waals surface area contributed by atoms with Crippen molar-refractivity contribution < 1.29 is 39.0 Å². The van der Waals surface area contributed by atoms with Crippen molar-refractivity contribution in [2.45, 2.75) is 44.1 Å². The van der Waals surface area contributed by atoms with Crippen LogP contribution in [-0.4, -0.2) is 34.6 Å². The molecule has 1 aliphatic heterocycles. The molecule has 1 heterocycles. The van der Waals surface area contributed by atoms with Crippen LogP contribution in [0, 0.1) is 0 Å². The second-order valence-corrected chi connectivity index (χ2v) is 13.0. The highest BCUT2D eigenvalue weighted by molar-refractivity contribution is 5.57. The second-order valence-electron chi connectivity index (χ2n) is 13.0. The molecule has 1 unspecified atom stereocenters. The molecule has 0 saturated carbocycles. The molecule has 0 bridgehead atoms. The molecule has 0 aliphatic carbocycles. The van der Waals surface area contributed by atoms with Gasteiger partial charge in [-0.3, -0.25) is 0 Å². The molecule has 0 radical (unpaired) electrons. The van der Waals surface area contributed by atoms with Crippen LogP contribution < -0.4 is 14.2 Å². The van der Waals surface area contributed by atoms with E-state index in [1.807, 2.05) is 133 Å². The summed E-state index contributed by atoms with van der Waals surface area (Å²) in [5.41, 5.74) is 3.70. The lowest BCUT2D eigenvalue weighted by molar-refractivity contribution is -0.205. The average molecular weight is 711 g/mol. The van der Waals surface area contributed by atoms with E-state index in [1.165, 1.54) is 12.1 Å². The first-order chi connectivity index (χ1) is 26.0. The van der Waals surface area contributed by atoms with Crippen molar-refractivity contribution in [1.29, 1.82) is 0 Å². The van der Waals surface area contributed by atoms with Gasteiger partial charge in [-0.1, -0.05) is 127 Å². The van der Waals surface area contributed by atoms with E-state index in [9.17, 15) is 15.3 Å². The molecule has 6 aromatic rings. The summed E-state index contributed by atoms with van der Waals surface area (Å²) in [5.74, 6) is 0.873. The first kappa shape index (κ1) is 35.6. The fourth-order valence-corrected chi connectivity index (χ4v) is 6.80. The minimum Gasteiger partial charge on any atom is -0.504 e. The quantitative estimate of drug-likeness (QED) is 0.0913. The number of aromatic hydroxyl groups is 2. The summed E-state index contributed by atoms with van der Waals surface area (Å²) in [6.45, 7) is 0.507. The van der Waals surface area contributed by atoms with Gasteiger partial charge in [0.05, 0.1) is 25.4 Å². The van der Waals surface area contributed by atoms with Crippen molar-refractivity contribution >= 4 is 0 Å². The van der Waals surface area contributed by atoms with Gasteiger partial charge in [0.2, 0.25) is 0 Å². The Morgan fingerprint density at radius 3 is 1.74 bits per heavy atom. The van der Waals surface area contributed by atoms with Gasteiger partial charge in [0, 0.05) is 18.6 Å². The van der Waals surface area contributed by atoms with E-state index in [1.54, 1.807) is 6.07 Å². The smallest absolute Gasteiger partial charge is 0.157 e. The van der Waals surface area contributed by atoms with Gasteiger partial charge in [0.25, 0.3) is 0 Å². The fourth-order valence-electron chi connectivity index (χ4n) is 6.80. The van der Waals surface area contributed by atoms with E-state index in [4.69, 9.17) is 23.7 Å². The summed E-state index contributed by atoms with van der Waals surface area (Å²) in [4.78, 5) is 0. The molecule has 0 aromatic heterocycles. The Balaban J connectivity index is 1.43. The lowest BCUT2D eigenvalue weighted by atomic mass is 9.75. The Morgan fingerprint density at radius 2 is 1.15 bits per heavy atom. The standard InChI is InChI=1S/C45H42O8/c46-23-24-52-45(28-32-13-5-1-6-14-32)42-40(50-30-34-17-9-3-10-18-34)26-37(49-29-33-15-7-2-8-16-33)27-41(42)53-43(36-21-22-38(47)39(48)25-36)44(45)51-31-35-19-11-4-12-20-35/h1-22,25-27,43-44,46-48H,23-24,28-31H2/t43-,44-,45?/m1/s1. The zero-order valence-electron chi connectivity index (χ0n) is 29.2. The third-order valence-electron chi connectivity index (χ3n) is 9.30. The van der Waals surface area contributed by atoms with Gasteiger partial charge >= 0.3 is 0 Å². The maximum Gasteiger partial charge on any atom is 0.157 e. The SMILES string of the molecule is OCCOC1(Cc2ccccc2)c2c(OCc3ccccc3)cc(OCc3ccccc3)cc2O[C@H](c2ccc(O)c(O)c2)[C@H]1OCc1ccccc1. The Hall–Kier alpha value is -5.80. The third kappa shape index (κ3) is 8.31. The highest BCUT2D eigenvalue weighted by Gasteiger charge is 2.55. The van der Waals surface area contributed by atoms with E-state index in [2.05, 4.69) is 0 Å². The van der Waals surface area contributed by atoms with Crippen LogP contribution in [0.5, 0.6) is 28.7 Å². The maximum atomic E-state index is 10.7. The first-order valence-electron chi connectivity index (χ1n) is 17.7. The topological polar surface area (TPSA) is 107 Å². The Bertz CT molecular complexity index is 2060. The number of hydrogen-bond donors (Lipinski definition) is 3. The normalized spacial score (nSPS) is 17.8. The molecular weight excluding hydrogens is 668 g/mol. The molecule has 6 aromatic carbocycles. The van der Waals surface area contributed by atoms with Gasteiger partial charge in [-0.25, -0.2) is 0 Å². The van der Waals surface area contributed by atoms with Crippen molar-refractivity contribution in [2.24, 2.45) is 0 Å². The number of ether oxygens (including phenoxy) is 5. The van der Waals surface area contributed by atoms with E-state index in [0.717, 1.165) is 22.3 Å². The number of hydrogen-bond acceptors (Lipinski definition) is 8. The van der Waals surface area contributed by atoms with Crippen LogP contribution in [0.2, 0.25) is 0 Å². The molecule has 3 atom stereocenters. The largest absolute Gasteiger partial charge is 0.504 e. The van der Waals surface area contributed by atoms with Gasteiger partial charge in [-0.05, 0) is 39.9 Å². The number of fused-ring (bicyclic) bond motifs is 1. The fraction of sp³-hybridized carbons (Fsp3) is 0.200. The number of aliphatic hydroxyl groups excluding tert-OH is 1. The number of phenols is 2. The molecule has 8 heteroatoms. The van der Waals surface area contributed by atoms with Gasteiger partial charge < -0.3 is 39.0 Å². The lowest BCUT2D eigenvalue weighted by Crippen LogP contribution is -2.53. The zero-order chi connectivity index (χ0) is 36.5. The van der Waals surface area contributed by atoms with E-state index >= 15 is 0 Å². The average Bonchev–Trinajstić information content (AvgIpc) is 3.20. The highest BCUT2D eigenvalue weighted by atomic mass is 16.6. The van der Waals surface area contributed by atoms with Gasteiger partial charge in [0.15, 0.2) is 17.6 Å². The first-order valence-corrected chi connectivity index (χ1v) is 17.7. The third-order valence-corrected chi connectivity index (χ3v) is 9.30. The monoisotopic (exact) mass is 710 g/mol. The Morgan fingerprint density at radius 1 is 0.585 bits per heavy atom. The minimum absolute atomic E-state index is 0.0185. The molecule has 270 valence electrons. The van der Waals surface area contributed by atoms with Crippen LogP contribution in [-0.2, 0) is 41.3 Å². The van der Waals surface area contributed by atoms with Crippen LogP contribution in [0.15, 0.2) is 152 Å². The Kier molecular flexibility index (Phi) is 11.2. The Labute approximate surface area is 309 Å². The van der Waals surface area contributed by atoms with Gasteiger partial charge in [-0.2, -0.15) is 0 Å². The van der Waals surface area contributed by atoms with Crippen molar-refractivity contribution in [3.05, 3.63) is 185 Å². The number of aliphatic hydroxyl groups is 1. The number of rotatable bonds is 15. The van der Waals surface area contributed by atoms with Crippen LogP contribution >= 0.6 is 0 Å². The van der Waals surface area contributed by atoms with Crippen molar-refractivity contribution in [3.63, 3.8) is 0 Å². The molecule has 0 fully saturated rings.